The van der Waals surface area contributed by atoms with E-state index in [9.17, 15) is 18.4 Å². The Balaban J connectivity index is 1.73. The Hall–Kier alpha value is -2.70. The first kappa shape index (κ1) is 28.3. The molecule has 2 fully saturated rings. The third-order valence-corrected chi connectivity index (χ3v) is 7.83. The maximum atomic E-state index is 15.7. The van der Waals surface area contributed by atoms with Crippen LogP contribution in [0.1, 0.15) is 55.5 Å². The second-order valence-corrected chi connectivity index (χ2v) is 11.5. The lowest BCUT2D eigenvalue weighted by Gasteiger charge is -2.30. The molecule has 5 nitrogen and oxygen atoms in total. The molecule has 1 aliphatic heterocycles. The number of amides is 1. The SMILES string of the molecule is CC1(C)/C(=C(/C=N)C(=O)N(CC(=O)c2c(Cl)cccc2C(F)(F)P)CC2(F)CCCC2)N1c1ccccc1. The number of anilines is 1. The van der Waals surface area contributed by atoms with E-state index in [1.807, 2.05) is 49.1 Å². The van der Waals surface area contributed by atoms with Crippen molar-refractivity contribution in [2.24, 2.45) is 0 Å². The zero-order valence-electron chi connectivity index (χ0n) is 21.2. The maximum Gasteiger partial charge on any atom is 0.284 e. The molecule has 0 spiro atoms. The van der Waals surface area contributed by atoms with Crippen molar-refractivity contribution in [2.75, 3.05) is 18.0 Å². The van der Waals surface area contributed by atoms with Gasteiger partial charge in [-0.1, -0.05) is 64.0 Å². The fourth-order valence-corrected chi connectivity index (χ4v) is 5.86. The molecule has 1 heterocycles. The van der Waals surface area contributed by atoms with E-state index in [1.54, 1.807) is 0 Å². The lowest BCUT2D eigenvalue weighted by molar-refractivity contribution is -0.128. The van der Waals surface area contributed by atoms with E-state index >= 15 is 4.39 Å². The van der Waals surface area contributed by atoms with E-state index in [2.05, 4.69) is 0 Å². The monoisotopic (exact) mass is 563 g/mol. The predicted molar refractivity (Wildman–Crippen MR) is 147 cm³/mol. The Morgan fingerprint density at radius 3 is 2.34 bits per heavy atom. The number of carbonyl (C=O) groups excluding carboxylic acids is 2. The summed E-state index contributed by atoms with van der Waals surface area (Å²) in [4.78, 5) is 30.2. The van der Waals surface area contributed by atoms with E-state index in [-0.39, 0.29) is 30.0 Å². The highest BCUT2D eigenvalue weighted by atomic mass is 35.5. The molecule has 0 bridgehead atoms. The summed E-state index contributed by atoms with van der Waals surface area (Å²) in [5.41, 5.74) is -5.32. The summed E-state index contributed by atoms with van der Waals surface area (Å²) >= 11 is 6.17. The summed E-state index contributed by atoms with van der Waals surface area (Å²) in [5, 5.41) is 7.88. The minimum atomic E-state index is -3.44. The molecular weight excluding hydrogens is 534 g/mol. The Kier molecular flexibility index (Phi) is 7.79. The van der Waals surface area contributed by atoms with Gasteiger partial charge in [0.2, 0.25) is 0 Å². The van der Waals surface area contributed by atoms with Crippen LogP contribution in [0.25, 0.3) is 0 Å². The number of benzene rings is 2. The van der Waals surface area contributed by atoms with Crippen LogP contribution in [0.3, 0.4) is 0 Å². The third kappa shape index (κ3) is 5.52. The zero-order chi connectivity index (χ0) is 27.9. The molecule has 202 valence electrons. The number of nitrogens with one attached hydrogen (secondary N) is 1. The number of ketones is 1. The highest BCUT2D eigenvalue weighted by Crippen LogP contribution is 2.50. The minimum absolute atomic E-state index is 0.0176. The largest absolute Gasteiger partial charge is 0.331 e. The predicted octanol–water partition coefficient (Wildman–Crippen LogP) is 6.76. The summed E-state index contributed by atoms with van der Waals surface area (Å²) in [6, 6.07) is 13.1. The van der Waals surface area contributed by atoms with Crippen LogP contribution in [0.5, 0.6) is 0 Å². The van der Waals surface area contributed by atoms with Crippen LogP contribution in [0, 0.1) is 5.41 Å². The van der Waals surface area contributed by atoms with E-state index < -0.39 is 46.2 Å². The number of alkyl halides is 3. The summed E-state index contributed by atoms with van der Waals surface area (Å²) in [5.74, 6) is -1.53. The van der Waals surface area contributed by atoms with Gasteiger partial charge in [-0.05, 0) is 44.9 Å². The molecule has 10 heteroatoms. The molecule has 1 N–H and O–H groups in total. The van der Waals surface area contributed by atoms with Crippen molar-refractivity contribution >= 4 is 44.4 Å². The van der Waals surface area contributed by atoms with Crippen molar-refractivity contribution in [1.29, 1.82) is 5.41 Å². The van der Waals surface area contributed by atoms with Gasteiger partial charge in [0, 0.05) is 23.0 Å². The smallest absolute Gasteiger partial charge is 0.284 e. The van der Waals surface area contributed by atoms with Crippen molar-refractivity contribution in [3.8, 4) is 0 Å². The number of carbonyl (C=O) groups is 2. The Morgan fingerprint density at radius 1 is 1.13 bits per heavy atom. The Labute approximate surface area is 227 Å². The second kappa shape index (κ2) is 10.5. The van der Waals surface area contributed by atoms with E-state index in [0.29, 0.717) is 18.5 Å². The van der Waals surface area contributed by atoms with Crippen LogP contribution in [0.4, 0.5) is 18.9 Å². The van der Waals surface area contributed by atoms with Crippen LogP contribution in [-0.4, -0.2) is 47.1 Å². The lowest BCUT2D eigenvalue weighted by Crippen LogP contribution is -2.45. The molecule has 0 aromatic heterocycles. The van der Waals surface area contributed by atoms with Gasteiger partial charge in [-0.2, -0.15) is 8.78 Å². The van der Waals surface area contributed by atoms with Crippen molar-refractivity contribution < 1.29 is 22.8 Å². The number of hydrogen-bond donors (Lipinski definition) is 1. The molecule has 1 amide bonds. The molecule has 2 aliphatic rings. The van der Waals surface area contributed by atoms with Crippen LogP contribution >= 0.6 is 20.8 Å². The first-order chi connectivity index (χ1) is 17.8. The molecule has 1 aliphatic carbocycles. The van der Waals surface area contributed by atoms with Crippen molar-refractivity contribution in [3.63, 3.8) is 0 Å². The standard InChI is InChI=1S/C28H30ClF3N3O2P/c1-26(2)24(35(26)18-9-4-3-5-10-18)19(15-33)25(37)34(17-27(30)13-6-7-14-27)16-22(36)23-20(28(31,32)38)11-8-12-21(23)29/h3-5,8-12,15,33H,6-7,13-14,16-17,38H2,1-2H3/b24-19+,33-15?. The number of rotatable bonds is 9. The summed E-state index contributed by atoms with van der Waals surface area (Å²) in [6.45, 7) is 2.75. The lowest BCUT2D eigenvalue weighted by atomic mass is 10.00. The molecule has 1 unspecified atom stereocenters. The maximum absolute atomic E-state index is 15.7. The minimum Gasteiger partial charge on any atom is -0.331 e. The van der Waals surface area contributed by atoms with E-state index in [0.717, 1.165) is 22.9 Å². The summed E-state index contributed by atoms with van der Waals surface area (Å²) in [6.07, 6.45) is 2.66. The average Bonchev–Trinajstić information content (AvgIpc) is 3.16. The number of hydrogen-bond acceptors (Lipinski definition) is 4. The molecule has 38 heavy (non-hydrogen) atoms. The Bertz CT molecular complexity index is 1290. The highest BCUT2D eigenvalue weighted by molar-refractivity contribution is 7.17. The number of halogens is 4. The molecule has 1 saturated carbocycles. The van der Waals surface area contributed by atoms with Gasteiger partial charge >= 0.3 is 0 Å². The van der Waals surface area contributed by atoms with Gasteiger partial charge in [0.05, 0.1) is 34.9 Å². The van der Waals surface area contributed by atoms with Crippen LogP contribution in [0.15, 0.2) is 59.8 Å². The van der Waals surface area contributed by atoms with Gasteiger partial charge < -0.3 is 15.2 Å². The average molecular weight is 564 g/mol. The third-order valence-electron chi connectivity index (χ3n) is 7.20. The van der Waals surface area contributed by atoms with Crippen LogP contribution < -0.4 is 4.90 Å². The second-order valence-electron chi connectivity index (χ2n) is 10.4. The molecular formula is C28H30ClF3N3O2P. The highest BCUT2D eigenvalue weighted by Gasteiger charge is 2.53. The summed E-state index contributed by atoms with van der Waals surface area (Å²) < 4.78 is 44.3. The van der Waals surface area contributed by atoms with Crippen molar-refractivity contribution in [1.82, 2.24) is 4.90 Å². The van der Waals surface area contributed by atoms with Gasteiger partial charge in [-0.3, -0.25) is 9.59 Å². The number of nitrogens with zero attached hydrogens (tertiary/aromatic N) is 2. The quantitative estimate of drug-likeness (QED) is 0.121. The fourth-order valence-electron chi connectivity index (χ4n) is 5.34. The van der Waals surface area contributed by atoms with Gasteiger partial charge in [-0.15, -0.1) is 0 Å². The molecule has 4 rings (SSSR count). The first-order valence-electron chi connectivity index (χ1n) is 12.4. The topological polar surface area (TPSA) is 64.2 Å². The molecule has 1 saturated heterocycles. The molecule has 0 radical (unpaired) electrons. The first-order valence-corrected chi connectivity index (χ1v) is 13.3. The fraction of sp³-hybridized carbons (Fsp3) is 0.393. The molecule has 2 aromatic carbocycles. The van der Waals surface area contributed by atoms with Crippen LogP contribution in [0.2, 0.25) is 5.02 Å². The van der Waals surface area contributed by atoms with E-state index in [4.69, 9.17) is 17.0 Å². The van der Waals surface area contributed by atoms with Gasteiger partial charge in [0.25, 0.3) is 11.6 Å². The molecule has 1 atom stereocenters. The zero-order valence-corrected chi connectivity index (χ0v) is 23.1. The van der Waals surface area contributed by atoms with Crippen molar-refractivity contribution in [2.45, 2.75) is 56.4 Å². The normalized spacial score (nSPS) is 19.2. The summed E-state index contributed by atoms with van der Waals surface area (Å²) in [7, 11) is 1.39. The number of Topliss-reactive ketones (excluding diaryl/α,β-unsaturated/α-hetero) is 1. The van der Waals surface area contributed by atoms with Crippen LogP contribution in [-0.2, 0) is 10.5 Å². The van der Waals surface area contributed by atoms with Gasteiger partial charge in [-0.25, -0.2) is 4.39 Å². The van der Waals surface area contributed by atoms with Crippen molar-refractivity contribution in [3.05, 3.63) is 76.0 Å². The molecule has 2 aromatic rings. The van der Waals surface area contributed by atoms with E-state index in [1.165, 1.54) is 21.4 Å². The number of para-hydroxylation sites is 1. The Morgan fingerprint density at radius 2 is 1.76 bits per heavy atom. The van der Waals surface area contributed by atoms with Gasteiger partial charge in [0.15, 0.2) is 5.78 Å². The van der Waals surface area contributed by atoms with Gasteiger partial charge in [0.1, 0.15) is 5.67 Å².